The highest BCUT2D eigenvalue weighted by Gasteiger charge is 2.14. The molecule has 10 heteroatoms. The zero-order valence-electron chi connectivity index (χ0n) is 10.2. The second-order valence-corrected chi connectivity index (χ2v) is 4.59. The number of anilines is 2. The Bertz CT molecular complexity index is 671. The standard InChI is InChI=1S/C10H9BrN6O3/c1-17-15-9(14-16-17)13-10(20)12-7-3-2-5(11)4-6(7)8(18)19/h2-4H,1H3,(H,18,19)(H2,12,13,15,20). The largest absolute Gasteiger partial charge is 0.478 e. The molecule has 0 saturated carbocycles. The van der Waals surface area contributed by atoms with E-state index in [0.717, 1.165) is 0 Å². The normalized spacial score (nSPS) is 10.1. The summed E-state index contributed by atoms with van der Waals surface area (Å²) in [5.41, 5.74) is 0.115. The number of benzene rings is 1. The van der Waals surface area contributed by atoms with Crippen LogP contribution in [0.25, 0.3) is 0 Å². The Labute approximate surface area is 121 Å². The third-order valence-corrected chi connectivity index (χ3v) is 2.69. The van der Waals surface area contributed by atoms with Gasteiger partial charge in [0, 0.05) is 4.47 Å². The van der Waals surface area contributed by atoms with E-state index in [1.165, 1.54) is 16.9 Å². The smallest absolute Gasteiger partial charge is 0.337 e. The van der Waals surface area contributed by atoms with Gasteiger partial charge in [-0.1, -0.05) is 21.0 Å². The first-order valence-electron chi connectivity index (χ1n) is 5.30. The quantitative estimate of drug-likeness (QED) is 0.774. The van der Waals surface area contributed by atoms with Crippen molar-refractivity contribution in [3.63, 3.8) is 0 Å². The minimum atomic E-state index is -1.15. The highest BCUT2D eigenvalue weighted by molar-refractivity contribution is 9.10. The lowest BCUT2D eigenvalue weighted by Crippen LogP contribution is -2.21. The number of nitrogens with one attached hydrogen (secondary N) is 2. The summed E-state index contributed by atoms with van der Waals surface area (Å²) in [5.74, 6) is -1.14. The fraction of sp³-hybridized carbons (Fsp3) is 0.100. The lowest BCUT2D eigenvalue weighted by atomic mass is 10.2. The number of carboxylic acids is 1. The van der Waals surface area contributed by atoms with Crippen molar-refractivity contribution in [2.24, 2.45) is 7.05 Å². The molecule has 0 spiro atoms. The Hall–Kier alpha value is -2.49. The van der Waals surface area contributed by atoms with Crippen LogP contribution in [0.5, 0.6) is 0 Å². The van der Waals surface area contributed by atoms with Crippen molar-refractivity contribution in [1.29, 1.82) is 0 Å². The Morgan fingerprint density at radius 2 is 2.10 bits per heavy atom. The average Bonchev–Trinajstić information content (AvgIpc) is 2.76. The lowest BCUT2D eigenvalue weighted by Gasteiger charge is -2.08. The second-order valence-electron chi connectivity index (χ2n) is 3.68. The Morgan fingerprint density at radius 3 is 2.70 bits per heavy atom. The zero-order valence-corrected chi connectivity index (χ0v) is 11.7. The predicted molar refractivity (Wildman–Crippen MR) is 72.5 cm³/mol. The van der Waals surface area contributed by atoms with Gasteiger partial charge in [-0.2, -0.15) is 4.80 Å². The third kappa shape index (κ3) is 3.29. The van der Waals surface area contributed by atoms with Crippen molar-refractivity contribution in [3.05, 3.63) is 28.2 Å². The van der Waals surface area contributed by atoms with Crippen molar-refractivity contribution in [2.75, 3.05) is 10.6 Å². The number of carbonyl (C=O) groups excluding carboxylic acids is 1. The molecule has 2 rings (SSSR count). The highest BCUT2D eigenvalue weighted by atomic mass is 79.9. The Balaban J connectivity index is 2.13. The second kappa shape index (κ2) is 5.65. The van der Waals surface area contributed by atoms with E-state index in [4.69, 9.17) is 5.11 Å². The number of aromatic carboxylic acids is 1. The van der Waals surface area contributed by atoms with Gasteiger partial charge < -0.3 is 10.4 Å². The molecule has 0 unspecified atom stereocenters. The number of amides is 2. The van der Waals surface area contributed by atoms with E-state index in [2.05, 4.69) is 42.0 Å². The topological polar surface area (TPSA) is 122 Å². The molecule has 3 N–H and O–H groups in total. The van der Waals surface area contributed by atoms with Crippen molar-refractivity contribution >= 4 is 39.6 Å². The predicted octanol–water partition coefficient (Wildman–Crippen LogP) is 1.31. The summed E-state index contributed by atoms with van der Waals surface area (Å²) in [4.78, 5) is 24.0. The van der Waals surface area contributed by atoms with E-state index in [9.17, 15) is 9.59 Å². The number of tetrazole rings is 1. The monoisotopic (exact) mass is 340 g/mol. The number of carboxylic acid groups (broad SMARTS) is 1. The maximum absolute atomic E-state index is 11.7. The van der Waals surface area contributed by atoms with E-state index in [1.807, 2.05) is 0 Å². The minimum Gasteiger partial charge on any atom is -0.478 e. The van der Waals surface area contributed by atoms with Crippen LogP contribution in [0.1, 0.15) is 10.4 Å². The summed E-state index contributed by atoms with van der Waals surface area (Å²) in [6, 6.07) is 3.81. The van der Waals surface area contributed by atoms with Crippen molar-refractivity contribution in [3.8, 4) is 0 Å². The zero-order chi connectivity index (χ0) is 14.7. The lowest BCUT2D eigenvalue weighted by molar-refractivity contribution is 0.0698. The maximum Gasteiger partial charge on any atom is 0.337 e. The molecule has 0 aliphatic rings. The number of rotatable bonds is 3. The molecule has 0 saturated heterocycles. The number of nitrogens with zero attached hydrogens (tertiary/aromatic N) is 4. The number of aryl methyl sites for hydroxylation is 1. The molecule has 0 fully saturated rings. The van der Waals surface area contributed by atoms with Gasteiger partial charge in [-0.15, -0.1) is 5.10 Å². The van der Waals surface area contributed by atoms with Crippen molar-refractivity contribution < 1.29 is 14.7 Å². The summed E-state index contributed by atoms with van der Waals surface area (Å²) in [6.07, 6.45) is 0. The van der Waals surface area contributed by atoms with Crippen LogP contribution >= 0.6 is 15.9 Å². The number of carbonyl (C=O) groups is 2. The SMILES string of the molecule is Cn1nnc(NC(=O)Nc2ccc(Br)cc2C(=O)O)n1. The number of urea groups is 1. The van der Waals surface area contributed by atoms with Crippen LogP contribution in [0.4, 0.5) is 16.4 Å². The van der Waals surface area contributed by atoms with Crippen LogP contribution in [0.2, 0.25) is 0 Å². The van der Waals surface area contributed by atoms with Crippen LogP contribution in [-0.4, -0.2) is 37.3 Å². The molecule has 104 valence electrons. The van der Waals surface area contributed by atoms with Crippen molar-refractivity contribution in [1.82, 2.24) is 20.2 Å². The van der Waals surface area contributed by atoms with Gasteiger partial charge in [0.1, 0.15) is 0 Å². The number of halogens is 1. The van der Waals surface area contributed by atoms with Crippen LogP contribution in [0, 0.1) is 0 Å². The summed E-state index contributed by atoms with van der Waals surface area (Å²) in [5, 5.41) is 24.7. The first kappa shape index (κ1) is 13.9. The van der Waals surface area contributed by atoms with Gasteiger partial charge in [0.15, 0.2) is 0 Å². The van der Waals surface area contributed by atoms with Crippen molar-refractivity contribution in [2.45, 2.75) is 0 Å². The van der Waals surface area contributed by atoms with Gasteiger partial charge in [0.2, 0.25) is 0 Å². The van der Waals surface area contributed by atoms with Gasteiger partial charge in [-0.05, 0) is 23.4 Å². The average molecular weight is 341 g/mol. The van der Waals surface area contributed by atoms with Gasteiger partial charge >= 0.3 is 12.0 Å². The number of hydrogen-bond acceptors (Lipinski definition) is 5. The van der Waals surface area contributed by atoms with Crippen LogP contribution in [0.3, 0.4) is 0 Å². The van der Waals surface area contributed by atoms with E-state index in [1.54, 1.807) is 13.1 Å². The summed E-state index contributed by atoms with van der Waals surface area (Å²) < 4.78 is 0.594. The maximum atomic E-state index is 11.7. The third-order valence-electron chi connectivity index (χ3n) is 2.19. The number of hydrogen-bond donors (Lipinski definition) is 3. The molecule has 0 aliphatic carbocycles. The van der Waals surface area contributed by atoms with Crippen LogP contribution < -0.4 is 10.6 Å². The molecule has 9 nitrogen and oxygen atoms in total. The highest BCUT2D eigenvalue weighted by Crippen LogP contribution is 2.21. The first-order valence-corrected chi connectivity index (χ1v) is 6.10. The van der Waals surface area contributed by atoms with E-state index in [-0.39, 0.29) is 17.2 Å². The van der Waals surface area contributed by atoms with E-state index >= 15 is 0 Å². The summed E-state index contributed by atoms with van der Waals surface area (Å²) in [7, 11) is 1.55. The van der Waals surface area contributed by atoms with Gasteiger partial charge in [0.25, 0.3) is 5.95 Å². The van der Waals surface area contributed by atoms with E-state index < -0.39 is 12.0 Å². The summed E-state index contributed by atoms with van der Waals surface area (Å²) in [6.45, 7) is 0. The molecule has 0 atom stereocenters. The Kier molecular flexibility index (Phi) is 3.94. The van der Waals surface area contributed by atoms with Crippen LogP contribution in [-0.2, 0) is 7.05 Å². The van der Waals surface area contributed by atoms with Gasteiger partial charge in [-0.25, -0.2) is 9.59 Å². The molecule has 1 heterocycles. The molecule has 0 bridgehead atoms. The molecule has 20 heavy (non-hydrogen) atoms. The molecule has 0 radical (unpaired) electrons. The summed E-state index contributed by atoms with van der Waals surface area (Å²) >= 11 is 3.16. The van der Waals surface area contributed by atoms with Gasteiger partial charge in [0.05, 0.1) is 18.3 Å². The van der Waals surface area contributed by atoms with Crippen LogP contribution in [0.15, 0.2) is 22.7 Å². The molecule has 2 amide bonds. The molecular formula is C10H9BrN6O3. The molecule has 0 aliphatic heterocycles. The van der Waals surface area contributed by atoms with E-state index in [0.29, 0.717) is 4.47 Å². The fourth-order valence-electron chi connectivity index (χ4n) is 1.39. The molecule has 2 aromatic rings. The Morgan fingerprint density at radius 1 is 1.35 bits per heavy atom. The molecule has 1 aromatic heterocycles. The molecular weight excluding hydrogens is 332 g/mol. The molecule has 1 aromatic carbocycles. The fourth-order valence-corrected chi connectivity index (χ4v) is 1.75. The minimum absolute atomic E-state index is 0.0130. The van der Waals surface area contributed by atoms with Gasteiger partial charge in [-0.3, -0.25) is 5.32 Å². The first-order chi connectivity index (χ1) is 9.45. The number of aromatic nitrogens is 4.